The number of carbonyl (C=O) groups excluding carboxylic acids is 1. The second kappa shape index (κ2) is 8.03. The van der Waals surface area contributed by atoms with Crippen LogP contribution in [0.25, 0.3) is 0 Å². The molecule has 146 valence electrons. The third kappa shape index (κ3) is 3.93. The van der Waals surface area contributed by atoms with E-state index in [2.05, 4.69) is 5.32 Å². The minimum Gasteiger partial charge on any atom is -0.366 e. The summed E-state index contributed by atoms with van der Waals surface area (Å²) >= 11 is 0. The van der Waals surface area contributed by atoms with Crippen LogP contribution >= 0.6 is 0 Å². The number of nitrogens with zero attached hydrogens (tertiary/aromatic N) is 3. The van der Waals surface area contributed by atoms with Gasteiger partial charge >= 0.3 is 0 Å². The Labute approximate surface area is 161 Å². The standard InChI is InChI=1S/C19H20N4O5/c1-13-15(5-4-8-16(13)22(25)26)20-19(24)14-9-11-21(12-10-14)17-6-2-3-7-18(17)23(27)28/h2-8,14H,9-12H2,1H3,(H,20,24). The molecule has 0 atom stereocenters. The molecular formula is C19H20N4O5. The van der Waals surface area contributed by atoms with Crippen LogP contribution in [0.5, 0.6) is 0 Å². The van der Waals surface area contributed by atoms with Crippen molar-refractivity contribution in [2.45, 2.75) is 19.8 Å². The Morgan fingerprint density at radius 3 is 2.25 bits per heavy atom. The molecule has 2 aromatic rings. The zero-order valence-corrected chi connectivity index (χ0v) is 15.3. The molecule has 9 heteroatoms. The van der Waals surface area contributed by atoms with Crippen molar-refractivity contribution in [3.63, 3.8) is 0 Å². The number of benzene rings is 2. The zero-order chi connectivity index (χ0) is 20.3. The van der Waals surface area contributed by atoms with E-state index in [0.717, 1.165) is 0 Å². The van der Waals surface area contributed by atoms with Crippen LogP contribution < -0.4 is 10.2 Å². The molecule has 1 fully saturated rings. The number of nitrogens with one attached hydrogen (secondary N) is 1. The number of hydrogen-bond acceptors (Lipinski definition) is 6. The van der Waals surface area contributed by atoms with Crippen LogP contribution in [0.4, 0.5) is 22.7 Å². The molecule has 9 nitrogen and oxygen atoms in total. The Morgan fingerprint density at radius 1 is 1.00 bits per heavy atom. The van der Waals surface area contributed by atoms with Crippen LogP contribution in [0.1, 0.15) is 18.4 Å². The molecule has 0 radical (unpaired) electrons. The summed E-state index contributed by atoms with van der Waals surface area (Å²) in [5.41, 5.74) is 1.42. The van der Waals surface area contributed by atoms with Crippen molar-refractivity contribution in [1.82, 2.24) is 0 Å². The smallest absolute Gasteiger partial charge is 0.292 e. The van der Waals surface area contributed by atoms with Crippen molar-refractivity contribution in [2.75, 3.05) is 23.3 Å². The van der Waals surface area contributed by atoms with E-state index >= 15 is 0 Å². The predicted octanol–water partition coefficient (Wildman–Crippen LogP) is 3.67. The number of para-hydroxylation sites is 2. The second-order valence-electron chi connectivity index (χ2n) is 6.70. The van der Waals surface area contributed by atoms with Gasteiger partial charge in [0.1, 0.15) is 5.69 Å². The number of nitro groups is 2. The maximum absolute atomic E-state index is 12.6. The van der Waals surface area contributed by atoms with Gasteiger partial charge < -0.3 is 10.2 Å². The lowest BCUT2D eigenvalue weighted by Crippen LogP contribution is -2.38. The highest BCUT2D eigenvalue weighted by molar-refractivity contribution is 5.94. The summed E-state index contributed by atoms with van der Waals surface area (Å²) in [4.78, 5) is 35.9. The number of anilines is 2. The highest BCUT2D eigenvalue weighted by atomic mass is 16.6. The van der Waals surface area contributed by atoms with E-state index in [9.17, 15) is 25.0 Å². The first-order valence-electron chi connectivity index (χ1n) is 8.91. The van der Waals surface area contributed by atoms with Gasteiger partial charge in [-0.1, -0.05) is 18.2 Å². The van der Waals surface area contributed by atoms with Crippen LogP contribution in [0, 0.1) is 33.1 Å². The molecule has 0 aliphatic carbocycles. The lowest BCUT2D eigenvalue weighted by Gasteiger charge is -2.32. The van der Waals surface area contributed by atoms with Crippen molar-refractivity contribution < 1.29 is 14.6 Å². The zero-order valence-electron chi connectivity index (χ0n) is 15.3. The predicted molar refractivity (Wildman–Crippen MR) is 104 cm³/mol. The van der Waals surface area contributed by atoms with Crippen LogP contribution in [0.3, 0.4) is 0 Å². The molecule has 1 heterocycles. The number of carbonyl (C=O) groups is 1. The molecule has 0 bridgehead atoms. The Hall–Kier alpha value is -3.49. The quantitative estimate of drug-likeness (QED) is 0.620. The number of nitro benzene ring substituents is 2. The average Bonchev–Trinajstić information content (AvgIpc) is 2.69. The van der Waals surface area contributed by atoms with Gasteiger partial charge in [0.05, 0.1) is 21.1 Å². The fourth-order valence-corrected chi connectivity index (χ4v) is 3.46. The maximum Gasteiger partial charge on any atom is 0.292 e. The van der Waals surface area contributed by atoms with Crippen molar-refractivity contribution in [1.29, 1.82) is 0 Å². The highest BCUT2D eigenvalue weighted by Gasteiger charge is 2.28. The first-order chi connectivity index (χ1) is 13.4. The monoisotopic (exact) mass is 384 g/mol. The summed E-state index contributed by atoms with van der Waals surface area (Å²) in [6.45, 7) is 2.65. The molecule has 0 spiro atoms. The molecule has 1 saturated heterocycles. The fraction of sp³-hybridized carbons (Fsp3) is 0.316. The van der Waals surface area contributed by atoms with E-state index in [1.165, 1.54) is 18.2 Å². The third-order valence-electron chi connectivity index (χ3n) is 5.04. The number of amides is 1. The van der Waals surface area contributed by atoms with Crippen molar-refractivity contribution in [3.05, 3.63) is 68.3 Å². The fourth-order valence-electron chi connectivity index (χ4n) is 3.46. The van der Waals surface area contributed by atoms with Crippen molar-refractivity contribution in [2.24, 2.45) is 5.92 Å². The Balaban J connectivity index is 1.66. The minimum absolute atomic E-state index is 0.0380. The number of piperidine rings is 1. The summed E-state index contributed by atoms with van der Waals surface area (Å²) < 4.78 is 0. The van der Waals surface area contributed by atoms with Crippen molar-refractivity contribution in [3.8, 4) is 0 Å². The lowest BCUT2D eigenvalue weighted by molar-refractivity contribution is -0.385. The molecule has 0 aromatic heterocycles. The van der Waals surface area contributed by atoms with E-state index in [1.54, 1.807) is 31.2 Å². The summed E-state index contributed by atoms with van der Waals surface area (Å²) in [7, 11) is 0. The first kappa shape index (κ1) is 19.3. The van der Waals surface area contributed by atoms with Gasteiger partial charge in [-0.15, -0.1) is 0 Å². The number of hydrogen-bond donors (Lipinski definition) is 1. The highest BCUT2D eigenvalue weighted by Crippen LogP contribution is 2.32. The normalized spacial score (nSPS) is 14.5. The van der Waals surface area contributed by atoms with Crippen molar-refractivity contribution >= 4 is 28.7 Å². The van der Waals surface area contributed by atoms with Crippen LogP contribution in [-0.2, 0) is 4.79 Å². The summed E-state index contributed by atoms with van der Waals surface area (Å²) in [5, 5.41) is 25.1. The van der Waals surface area contributed by atoms with Gasteiger partial charge in [0.25, 0.3) is 11.4 Å². The molecule has 3 rings (SSSR count). The van der Waals surface area contributed by atoms with Gasteiger partial charge in [0.15, 0.2) is 0 Å². The second-order valence-corrected chi connectivity index (χ2v) is 6.70. The first-order valence-corrected chi connectivity index (χ1v) is 8.91. The molecule has 1 amide bonds. The molecular weight excluding hydrogens is 364 g/mol. The molecule has 1 aliphatic heterocycles. The van der Waals surface area contributed by atoms with Crippen LogP contribution in [-0.4, -0.2) is 28.8 Å². The average molecular weight is 384 g/mol. The van der Waals surface area contributed by atoms with Crippen LogP contribution in [0.2, 0.25) is 0 Å². The van der Waals surface area contributed by atoms with Gasteiger partial charge in [0.2, 0.25) is 5.91 Å². The van der Waals surface area contributed by atoms with Crippen LogP contribution in [0.15, 0.2) is 42.5 Å². The molecule has 0 saturated carbocycles. The SMILES string of the molecule is Cc1c(NC(=O)C2CCN(c3ccccc3[N+](=O)[O-])CC2)cccc1[N+](=O)[O-]. The van der Waals surface area contributed by atoms with Gasteiger partial charge in [-0.3, -0.25) is 25.0 Å². The summed E-state index contributed by atoms with van der Waals surface area (Å²) in [5.74, 6) is -0.441. The van der Waals surface area contributed by atoms with E-state index in [0.29, 0.717) is 42.9 Å². The maximum atomic E-state index is 12.6. The molecule has 1 N–H and O–H groups in total. The van der Waals surface area contributed by atoms with Gasteiger partial charge in [-0.25, -0.2) is 0 Å². The largest absolute Gasteiger partial charge is 0.366 e. The molecule has 2 aromatic carbocycles. The van der Waals surface area contributed by atoms with E-state index < -0.39 is 9.85 Å². The minimum atomic E-state index is -0.476. The Kier molecular flexibility index (Phi) is 5.53. The van der Waals surface area contributed by atoms with E-state index in [4.69, 9.17) is 0 Å². The summed E-state index contributed by atoms with van der Waals surface area (Å²) in [6.07, 6.45) is 1.09. The molecule has 1 aliphatic rings. The van der Waals surface area contributed by atoms with Gasteiger partial charge in [-0.05, 0) is 31.9 Å². The van der Waals surface area contributed by atoms with E-state index in [1.807, 2.05) is 4.90 Å². The lowest BCUT2D eigenvalue weighted by atomic mass is 9.95. The topological polar surface area (TPSA) is 119 Å². The summed E-state index contributed by atoms with van der Waals surface area (Å²) in [6, 6.07) is 11.1. The third-order valence-corrected chi connectivity index (χ3v) is 5.04. The molecule has 28 heavy (non-hydrogen) atoms. The van der Waals surface area contributed by atoms with E-state index in [-0.39, 0.29) is 23.2 Å². The number of rotatable bonds is 5. The van der Waals surface area contributed by atoms with Gasteiger partial charge in [0, 0.05) is 31.1 Å². The Morgan fingerprint density at radius 2 is 1.61 bits per heavy atom. The Bertz CT molecular complexity index is 922. The van der Waals surface area contributed by atoms with Gasteiger partial charge in [-0.2, -0.15) is 0 Å². The molecule has 0 unspecified atom stereocenters.